The molecule has 0 aromatic carbocycles. The van der Waals surface area contributed by atoms with E-state index in [0.29, 0.717) is 6.04 Å². The van der Waals surface area contributed by atoms with Crippen molar-refractivity contribution in [3.8, 4) is 0 Å². The molecule has 0 unspecified atom stereocenters. The first-order valence-corrected chi connectivity index (χ1v) is 10.3. The van der Waals surface area contributed by atoms with Crippen LogP contribution >= 0.6 is 0 Å². The van der Waals surface area contributed by atoms with Gasteiger partial charge in [0.2, 0.25) is 5.95 Å². The maximum absolute atomic E-state index is 4.28. The Kier molecular flexibility index (Phi) is 6.14. The first-order valence-electron chi connectivity index (χ1n) is 10.3. The van der Waals surface area contributed by atoms with Gasteiger partial charge in [-0.2, -0.15) is 0 Å². The SMILES string of the molecule is c1cnc(NC2CCC(CCN3CCN(c4ccncc4)CC3)CC2)nc1. The number of rotatable bonds is 6. The fraction of sp³-hybridized carbons (Fsp3) is 0.571. The zero-order chi connectivity index (χ0) is 18.3. The second-order valence-corrected chi connectivity index (χ2v) is 7.76. The molecular formula is C21H30N6. The van der Waals surface area contributed by atoms with Crippen LogP contribution in [0.5, 0.6) is 0 Å². The molecule has 0 amide bonds. The fourth-order valence-corrected chi connectivity index (χ4v) is 4.30. The Labute approximate surface area is 162 Å². The largest absolute Gasteiger partial charge is 0.369 e. The molecule has 1 aliphatic heterocycles. The maximum atomic E-state index is 4.28. The normalized spacial score (nSPS) is 23.9. The first-order chi connectivity index (χ1) is 13.4. The number of nitrogens with one attached hydrogen (secondary N) is 1. The summed E-state index contributed by atoms with van der Waals surface area (Å²) in [5, 5.41) is 3.48. The third-order valence-electron chi connectivity index (χ3n) is 6.00. The number of nitrogens with zero attached hydrogens (tertiary/aromatic N) is 5. The van der Waals surface area contributed by atoms with Crippen LogP contribution in [0.1, 0.15) is 32.1 Å². The monoisotopic (exact) mass is 366 g/mol. The molecule has 4 rings (SSSR count). The van der Waals surface area contributed by atoms with Gasteiger partial charge < -0.3 is 10.2 Å². The first kappa shape index (κ1) is 18.2. The van der Waals surface area contributed by atoms with Crippen molar-refractivity contribution in [2.75, 3.05) is 42.9 Å². The highest BCUT2D eigenvalue weighted by molar-refractivity contribution is 5.44. The lowest BCUT2D eigenvalue weighted by molar-refractivity contribution is 0.218. The van der Waals surface area contributed by atoms with E-state index in [2.05, 4.69) is 42.2 Å². The van der Waals surface area contributed by atoms with Crippen LogP contribution in [0, 0.1) is 5.92 Å². The second-order valence-electron chi connectivity index (χ2n) is 7.76. The van der Waals surface area contributed by atoms with E-state index < -0.39 is 0 Å². The molecule has 2 aliphatic rings. The predicted octanol–water partition coefficient (Wildman–Crippen LogP) is 3.05. The van der Waals surface area contributed by atoms with Gasteiger partial charge in [0.1, 0.15) is 0 Å². The van der Waals surface area contributed by atoms with Gasteiger partial charge in [0.15, 0.2) is 0 Å². The van der Waals surface area contributed by atoms with Crippen LogP contribution in [-0.4, -0.2) is 58.6 Å². The standard InChI is InChI=1S/C21H30N6/c1-9-23-21(24-10-1)25-19-4-2-18(3-5-19)8-13-26-14-16-27(17-15-26)20-6-11-22-12-7-20/h1,6-7,9-12,18-19H,2-5,8,13-17H2,(H,23,24,25). The zero-order valence-corrected chi connectivity index (χ0v) is 16.0. The van der Waals surface area contributed by atoms with Crippen molar-refractivity contribution >= 4 is 11.6 Å². The van der Waals surface area contributed by atoms with Gasteiger partial charge in [0.25, 0.3) is 0 Å². The van der Waals surface area contributed by atoms with Crippen LogP contribution < -0.4 is 10.2 Å². The molecule has 27 heavy (non-hydrogen) atoms. The van der Waals surface area contributed by atoms with E-state index in [1.165, 1.54) is 57.4 Å². The number of pyridine rings is 1. The molecule has 1 aliphatic carbocycles. The third-order valence-corrected chi connectivity index (χ3v) is 6.00. The highest BCUT2D eigenvalue weighted by Crippen LogP contribution is 2.28. The van der Waals surface area contributed by atoms with Gasteiger partial charge in [0, 0.05) is 62.7 Å². The van der Waals surface area contributed by atoms with E-state index in [-0.39, 0.29) is 0 Å². The Balaban J connectivity index is 1.14. The Morgan fingerprint density at radius 3 is 2.30 bits per heavy atom. The average Bonchev–Trinajstić information content (AvgIpc) is 2.75. The average molecular weight is 367 g/mol. The van der Waals surface area contributed by atoms with Crippen LogP contribution in [0.3, 0.4) is 0 Å². The van der Waals surface area contributed by atoms with Gasteiger partial charge in [-0.05, 0) is 62.8 Å². The molecule has 0 bridgehead atoms. The van der Waals surface area contributed by atoms with E-state index in [4.69, 9.17) is 0 Å². The summed E-state index contributed by atoms with van der Waals surface area (Å²) in [6, 6.07) is 6.62. The number of hydrogen-bond acceptors (Lipinski definition) is 6. The molecule has 2 aromatic heterocycles. The van der Waals surface area contributed by atoms with Crippen molar-refractivity contribution in [1.82, 2.24) is 19.9 Å². The molecular weight excluding hydrogens is 336 g/mol. The van der Waals surface area contributed by atoms with Crippen molar-refractivity contribution in [1.29, 1.82) is 0 Å². The Morgan fingerprint density at radius 2 is 1.59 bits per heavy atom. The molecule has 3 heterocycles. The van der Waals surface area contributed by atoms with Gasteiger partial charge >= 0.3 is 0 Å². The summed E-state index contributed by atoms with van der Waals surface area (Å²) in [5.41, 5.74) is 1.30. The Morgan fingerprint density at radius 1 is 0.889 bits per heavy atom. The smallest absolute Gasteiger partial charge is 0.222 e. The van der Waals surface area contributed by atoms with E-state index in [9.17, 15) is 0 Å². The number of anilines is 2. The molecule has 1 saturated heterocycles. The van der Waals surface area contributed by atoms with Crippen molar-refractivity contribution in [3.05, 3.63) is 43.0 Å². The highest BCUT2D eigenvalue weighted by Gasteiger charge is 2.23. The minimum atomic E-state index is 0.535. The van der Waals surface area contributed by atoms with Crippen LogP contribution in [-0.2, 0) is 0 Å². The van der Waals surface area contributed by atoms with Crippen LogP contribution in [0.2, 0.25) is 0 Å². The summed E-state index contributed by atoms with van der Waals surface area (Å²) < 4.78 is 0. The van der Waals surface area contributed by atoms with E-state index in [1.807, 2.05) is 18.5 Å². The van der Waals surface area contributed by atoms with E-state index in [0.717, 1.165) is 25.0 Å². The predicted molar refractivity (Wildman–Crippen MR) is 109 cm³/mol. The zero-order valence-electron chi connectivity index (χ0n) is 16.0. The molecule has 0 spiro atoms. The topological polar surface area (TPSA) is 57.2 Å². The van der Waals surface area contributed by atoms with Gasteiger partial charge in [-0.25, -0.2) is 9.97 Å². The summed E-state index contributed by atoms with van der Waals surface area (Å²) >= 11 is 0. The lowest BCUT2D eigenvalue weighted by atomic mass is 9.84. The van der Waals surface area contributed by atoms with Crippen LogP contribution in [0.4, 0.5) is 11.6 Å². The molecule has 6 nitrogen and oxygen atoms in total. The molecule has 144 valence electrons. The molecule has 1 saturated carbocycles. The Hall–Kier alpha value is -2.21. The number of aromatic nitrogens is 3. The summed E-state index contributed by atoms with van der Waals surface area (Å²) in [6.07, 6.45) is 13.8. The fourth-order valence-electron chi connectivity index (χ4n) is 4.30. The molecule has 2 fully saturated rings. The van der Waals surface area contributed by atoms with Crippen molar-refractivity contribution in [3.63, 3.8) is 0 Å². The summed E-state index contributed by atoms with van der Waals surface area (Å²) in [4.78, 5) is 17.8. The molecule has 0 atom stereocenters. The minimum Gasteiger partial charge on any atom is -0.369 e. The third kappa shape index (κ3) is 5.16. The van der Waals surface area contributed by atoms with Crippen molar-refractivity contribution in [2.24, 2.45) is 5.92 Å². The Bertz CT molecular complexity index is 664. The molecule has 2 aromatic rings. The molecule has 6 heteroatoms. The summed E-state index contributed by atoms with van der Waals surface area (Å²) in [6.45, 7) is 5.83. The van der Waals surface area contributed by atoms with Gasteiger partial charge in [-0.3, -0.25) is 9.88 Å². The lowest BCUT2D eigenvalue weighted by Crippen LogP contribution is -2.47. The molecule has 1 N–H and O–H groups in total. The van der Waals surface area contributed by atoms with Crippen molar-refractivity contribution in [2.45, 2.75) is 38.1 Å². The second kappa shape index (κ2) is 9.13. The maximum Gasteiger partial charge on any atom is 0.222 e. The van der Waals surface area contributed by atoms with Crippen LogP contribution in [0.15, 0.2) is 43.0 Å². The summed E-state index contributed by atoms with van der Waals surface area (Å²) in [5.74, 6) is 1.64. The minimum absolute atomic E-state index is 0.535. The quantitative estimate of drug-likeness (QED) is 0.848. The lowest BCUT2D eigenvalue weighted by Gasteiger charge is -2.37. The molecule has 0 radical (unpaired) electrons. The van der Waals surface area contributed by atoms with E-state index in [1.54, 1.807) is 12.4 Å². The van der Waals surface area contributed by atoms with E-state index >= 15 is 0 Å². The number of piperazine rings is 1. The van der Waals surface area contributed by atoms with Gasteiger partial charge in [0.05, 0.1) is 0 Å². The van der Waals surface area contributed by atoms with Crippen LogP contribution in [0.25, 0.3) is 0 Å². The van der Waals surface area contributed by atoms with Gasteiger partial charge in [-0.1, -0.05) is 0 Å². The number of hydrogen-bond donors (Lipinski definition) is 1. The summed E-state index contributed by atoms with van der Waals surface area (Å²) in [7, 11) is 0. The van der Waals surface area contributed by atoms with Crippen molar-refractivity contribution < 1.29 is 0 Å². The highest BCUT2D eigenvalue weighted by atomic mass is 15.3. The van der Waals surface area contributed by atoms with Gasteiger partial charge in [-0.15, -0.1) is 0 Å².